The van der Waals surface area contributed by atoms with Crippen LogP contribution in [0.25, 0.3) is 0 Å². The maximum absolute atomic E-state index is 12.6. The average Bonchev–Trinajstić information content (AvgIpc) is 1.39. The molecule has 4 aromatic rings. The number of phenolic OH excluding ortho intramolecular Hbond substituents is 2. The van der Waals surface area contributed by atoms with E-state index in [0.717, 1.165) is 124 Å². The Hall–Kier alpha value is -5.70. The summed E-state index contributed by atoms with van der Waals surface area (Å²) in [6, 6.07) is 21.7. The highest BCUT2D eigenvalue weighted by atomic mass is 16.5. The van der Waals surface area contributed by atoms with Crippen LogP contribution in [0.2, 0.25) is 0 Å². The zero-order valence-corrected chi connectivity index (χ0v) is 54.0. The smallest absolute Gasteiger partial charge is 0.197 e. The van der Waals surface area contributed by atoms with E-state index in [4.69, 9.17) is 14.2 Å². The molecule has 9 aliphatic carbocycles. The van der Waals surface area contributed by atoms with Crippen LogP contribution in [0.3, 0.4) is 0 Å². The number of rotatable bonds is 4. The number of Topliss-reactive ketones (excluding diaryl/α,β-unsaturated/α-hetero) is 4. The van der Waals surface area contributed by atoms with Crippen molar-refractivity contribution in [1.29, 1.82) is 0 Å². The average molecular weight is 1260 g/mol. The molecule has 14 atom stereocenters. The highest BCUT2D eigenvalue weighted by molar-refractivity contribution is 5.96. The van der Waals surface area contributed by atoms with Gasteiger partial charge in [-0.2, -0.15) is 0 Å². The monoisotopic (exact) mass is 1250 g/mol. The standard InChI is InChI=1S/C21H27NO.C19H25NO3.C19H23NO3.C17H19NO2.3CH4/c1-14-2-5-16-11-20-18-7-6-17(23)12-21(18,19(16)10-14)8-9-22(20)13-15-3-4-15;2*1-11-4-5-12-8-14-13-9-16(23-3)15(21)10-19(13,6-7-20(14)2)17(12)18(11)22;1-9-2-3-10-8-12-11-4-5-13(19)16-17(11,6-7-18-12)14(10)15(9)20-16;;;/h2,5,10,15,18,20H,3-4,6-9,11-13H2,1H3;4-5,13-14,16,22H,6-10H2,1-3H3;4-5,9,13-14,22H,6-8,10H2,1-3H3;2-3,11-12,16,18H,4-8H2,1H3;3*1H4/t18-,20+,21-;13-,14+,16?,19-;13-,14+,19-;11-,12+,16-,17-;;;/m1111.../s1. The van der Waals surface area contributed by atoms with Crippen molar-refractivity contribution >= 4 is 23.1 Å². The highest BCUT2D eigenvalue weighted by Crippen LogP contribution is 2.63. The third kappa shape index (κ3) is 10.0. The molecule has 18 rings (SSSR count). The first-order valence-corrected chi connectivity index (χ1v) is 34.1. The maximum atomic E-state index is 12.6. The van der Waals surface area contributed by atoms with Crippen molar-refractivity contribution < 1.29 is 43.6 Å². The molecule has 5 aliphatic heterocycles. The molecule has 92 heavy (non-hydrogen) atoms. The summed E-state index contributed by atoms with van der Waals surface area (Å²) in [5, 5.41) is 25.3. The first-order chi connectivity index (χ1) is 42.8. The van der Waals surface area contributed by atoms with Gasteiger partial charge in [-0.25, -0.2) is 0 Å². The summed E-state index contributed by atoms with van der Waals surface area (Å²) in [6.07, 6.45) is 18.9. The van der Waals surface area contributed by atoms with Gasteiger partial charge in [0, 0.05) is 114 Å². The Morgan fingerprint density at radius 1 is 0.620 bits per heavy atom. The fourth-order valence-electron chi connectivity index (χ4n) is 21.7. The minimum absolute atomic E-state index is 0. The largest absolute Gasteiger partial charge is 0.507 e. The summed E-state index contributed by atoms with van der Waals surface area (Å²) in [4.78, 5) is 57.7. The maximum Gasteiger partial charge on any atom is 0.197 e. The number of likely N-dealkylation sites (N-methyl/N-ethyl adjacent to an activating group) is 2. The first-order valence-electron chi connectivity index (χ1n) is 34.1. The molecule has 1 spiro atoms. The van der Waals surface area contributed by atoms with Crippen LogP contribution in [-0.4, -0.2) is 145 Å². The number of hydrogen-bond acceptors (Lipinski definition) is 13. The molecule has 5 heterocycles. The lowest BCUT2D eigenvalue weighted by molar-refractivity contribution is -0.141. The van der Waals surface area contributed by atoms with Crippen LogP contribution in [0.4, 0.5) is 0 Å². The Labute approximate surface area is 548 Å². The highest BCUT2D eigenvalue weighted by Gasteiger charge is 2.65. The molecule has 0 radical (unpaired) electrons. The molecule has 4 aromatic carbocycles. The lowest BCUT2D eigenvalue weighted by Crippen LogP contribution is -2.65. The number of likely N-dealkylation sites (tertiary alicyclic amines) is 3. The topological polar surface area (TPSA) is 158 Å². The number of ketones is 4. The summed E-state index contributed by atoms with van der Waals surface area (Å²) < 4.78 is 17.0. The number of benzene rings is 4. The van der Waals surface area contributed by atoms with E-state index in [1.54, 1.807) is 14.2 Å². The van der Waals surface area contributed by atoms with Crippen molar-refractivity contribution in [1.82, 2.24) is 20.0 Å². The Kier molecular flexibility index (Phi) is 17.7. The number of aryl methyl sites for hydroxylation is 4. The molecule has 3 N–H and O–H groups in total. The van der Waals surface area contributed by atoms with Gasteiger partial charge in [-0.1, -0.05) is 82.4 Å². The zero-order valence-electron chi connectivity index (χ0n) is 54.0. The molecule has 0 amide bonds. The summed E-state index contributed by atoms with van der Waals surface area (Å²) >= 11 is 0. The van der Waals surface area contributed by atoms with E-state index in [2.05, 4.69) is 90.4 Å². The summed E-state index contributed by atoms with van der Waals surface area (Å²) in [5.74, 6) is 6.25. The van der Waals surface area contributed by atoms with Crippen LogP contribution in [0.5, 0.6) is 17.2 Å². The van der Waals surface area contributed by atoms with E-state index >= 15 is 0 Å². The van der Waals surface area contributed by atoms with Crippen molar-refractivity contribution in [2.45, 2.75) is 224 Å². The lowest BCUT2D eigenvalue weighted by atomic mass is 9.51. The third-order valence-electron chi connectivity index (χ3n) is 26.2. The SMILES string of the molecule is C.C.C.COC1=C[C@@H]2[C@@H]3Cc4ccc(C)c(O)c4[C@]2(CCN3C)CC1=O.COC1C[C@@H]2[C@@H]3Cc4ccc(C)c(O)c4[C@]2(CCN3C)CC1=O.Cc1ccc2c(c1)[C@@]13CCN(CC4CC4)[C@@H](C2)[C@H]1CCC(=O)C3.Cc1ccc2c3c1O[C@@H]1C(=O)CC[C@@H]4[C@H](C2)NCC[C@@]314. The lowest BCUT2D eigenvalue weighted by Gasteiger charge is -2.58. The quantitative estimate of drug-likeness (QED) is 0.177. The van der Waals surface area contributed by atoms with Crippen LogP contribution >= 0.6 is 0 Å². The number of methoxy groups -OCH3 is 2. The number of piperidine rings is 4. The number of carbonyl (C=O) groups is 4. The van der Waals surface area contributed by atoms with E-state index < -0.39 is 0 Å². The van der Waals surface area contributed by atoms with Crippen molar-refractivity contribution in [3.05, 3.63) is 133 Å². The van der Waals surface area contributed by atoms with E-state index in [-0.39, 0.29) is 73.6 Å². The van der Waals surface area contributed by atoms with Crippen LogP contribution < -0.4 is 10.1 Å². The normalized spacial score (nSPS) is 35.2. The van der Waals surface area contributed by atoms with Gasteiger partial charge in [0.05, 0.1) is 7.11 Å². The molecule has 8 bridgehead atoms. The molecule has 4 saturated heterocycles. The molecule has 13 heteroatoms. The predicted octanol–water partition coefficient (Wildman–Crippen LogP) is 12.0. The summed E-state index contributed by atoms with van der Waals surface area (Å²) in [5.41, 5.74) is 14.4. The number of nitrogens with zero attached hydrogens (tertiary/aromatic N) is 3. The van der Waals surface area contributed by atoms with Gasteiger partial charge in [0.1, 0.15) is 29.1 Å². The number of allylic oxidation sites excluding steroid dienone is 1. The van der Waals surface area contributed by atoms with Crippen LogP contribution in [0.1, 0.15) is 179 Å². The van der Waals surface area contributed by atoms with Crippen LogP contribution in [0, 0.1) is 57.3 Å². The Morgan fingerprint density at radius 2 is 1.24 bits per heavy atom. The van der Waals surface area contributed by atoms with Gasteiger partial charge >= 0.3 is 0 Å². The van der Waals surface area contributed by atoms with Gasteiger partial charge in [-0.3, -0.25) is 24.1 Å². The number of nitrogens with one attached hydrogen (secondary N) is 1. The molecule has 1 unspecified atom stereocenters. The second kappa shape index (κ2) is 24.5. The number of phenols is 2. The molecule has 496 valence electrons. The van der Waals surface area contributed by atoms with E-state index in [1.165, 1.54) is 83.3 Å². The molecule has 0 aromatic heterocycles. The van der Waals surface area contributed by atoms with Gasteiger partial charge in [-0.05, 0) is 226 Å². The predicted molar refractivity (Wildman–Crippen MR) is 362 cm³/mol. The Bertz CT molecular complexity index is 3630. The van der Waals surface area contributed by atoms with Gasteiger partial charge in [0.25, 0.3) is 0 Å². The molecule has 8 fully saturated rings. The van der Waals surface area contributed by atoms with Crippen LogP contribution in [-0.2, 0) is 76.0 Å². The molecular formula is C79H106N4O9. The second-order valence-corrected chi connectivity index (χ2v) is 30.5. The Morgan fingerprint density at radius 3 is 1.93 bits per heavy atom. The van der Waals surface area contributed by atoms with Gasteiger partial charge in [-0.15, -0.1) is 0 Å². The molecule has 13 nitrogen and oxygen atoms in total. The third-order valence-corrected chi connectivity index (χ3v) is 26.2. The van der Waals surface area contributed by atoms with Gasteiger partial charge in [0.15, 0.2) is 29.2 Å². The van der Waals surface area contributed by atoms with Crippen LogP contribution in [0.15, 0.2) is 66.4 Å². The van der Waals surface area contributed by atoms with Crippen molar-refractivity contribution in [2.75, 3.05) is 61.0 Å². The van der Waals surface area contributed by atoms with E-state index in [9.17, 15) is 29.4 Å². The second-order valence-electron chi connectivity index (χ2n) is 30.5. The molecule has 4 saturated carbocycles. The molecular weight excluding hydrogens is 1150 g/mol. The number of carbonyl (C=O) groups excluding carboxylic acids is 4. The van der Waals surface area contributed by atoms with E-state index in [1.807, 2.05) is 32.1 Å². The zero-order chi connectivity index (χ0) is 61.8. The van der Waals surface area contributed by atoms with Gasteiger partial charge < -0.3 is 39.5 Å². The van der Waals surface area contributed by atoms with Crippen molar-refractivity contribution in [3.8, 4) is 17.2 Å². The van der Waals surface area contributed by atoms with Crippen molar-refractivity contribution in [3.63, 3.8) is 0 Å². The fraction of sp³-hybridized carbons (Fsp3) is 0.620. The van der Waals surface area contributed by atoms with E-state index in [0.29, 0.717) is 90.0 Å². The number of hydrogen-bond donors (Lipinski definition) is 3. The summed E-state index contributed by atoms with van der Waals surface area (Å²) in [7, 11) is 7.55. The van der Waals surface area contributed by atoms with Gasteiger partial charge in [0.2, 0.25) is 0 Å². The van der Waals surface area contributed by atoms with Crippen molar-refractivity contribution in [2.24, 2.45) is 29.6 Å². The minimum Gasteiger partial charge on any atom is -0.507 e. The molecule has 14 aliphatic rings. The number of aromatic hydroxyl groups is 2. The fourth-order valence-corrected chi connectivity index (χ4v) is 21.7. The number of ether oxygens (including phenoxy) is 3. The summed E-state index contributed by atoms with van der Waals surface area (Å²) in [6.45, 7) is 13.7. The number of fused-ring (bicyclic) bond motifs is 3. The minimum atomic E-state index is -0.282. The first kappa shape index (κ1) is 66.3. The Balaban J connectivity index is 0.000000117.